The number of carbonyl (C=O) groups excluding carboxylic acids is 1. The van der Waals surface area contributed by atoms with Gasteiger partial charge in [-0.3, -0.25) is 0 Å². The number of carbonyl (C=O) groups is 1. The lowest BCUT2D eigenvalue weighted by molar-refractivity contribution is -0.136. The fourth-order valence-electron chi connectivity index (χ4n) is 3.78. The van der Waals surface area contributed by atoms with Crippen molar-refractivity contribution in [1.29, 1.82) is 0 Å². The quantitative estimate of drug-likeness (QED) is 0.640. The summed E-state index contributed by atoms with van der Waals surface area (Å²) in [5, 5.41) is 4.76. The van der Waals surface area contributed by atoms with Gasteiger partial charge in [-0.1, -0.05) is 36.2 Å². The van der Waals surface area contributed by atoms with Gasteiger partial charge in [0.05, 0.1) is 16.1 Å². The highest BCUT2D eigenvalue weighted by atomic mass is 32.2. The molecule has 0 radical (unpaired) electrons. The van der Waals surface area contributed by atoms with E-state index in [1.807, 2.05) is 6.92 Å². The summed E-state index contributed by atoms with van der Waals surface area (Å²) < 4.78 is 66.9. The van der Waals surface area contributed by atoms with Gasteiger partial charge in [0.1, 0.15) is 0 Å². The molecule has 2 N–H and O–H groups in total. The van der Waals surface area contributed by atoms with Gasteiger partial charge >= 0.3 is 12.2 Å². The lowest BCUT2D eigenvalue weighted by Crippen LogP contribution is -2.45. The van der Waals surface area contributed by atoms with Crippen LogP contribution in [0, 0.1) is 6.92 Å². The van der Waals surface area contributed by atoms with E-state index in [2.05, 4.69) is 10.6 Å². The van der Waals surface area contributed by atoms with E-state index in [-0.39, 0.29) is 23.2 Å². The zero-order valence-corrected chi connectivity index (χ0v) is 18.5. The van der Waals surface area contributed by atoms with Gasteiger partial charge in [-0.2, -0.15) is 17.5 Å². The van der Waals surface area contributed by atoms with Gasteiger partial charge in [-0.25, -0.2) is 13.2 Å². The highest BCUT2D eigenvalue weighted by molar-refractivity contribution is 7.89. The van der Waals surface area contributed by atoms with Crippen LogP contribution in [0.15, 0.2) is 53.4 Å². The van der Waals surface area contributed by atoms with Crippen LogP contribution in [0.5, 0.6) is 0 Å². The van der Waals surface area contributed by atoms with Crippen LogP contribution < -0.4 is 10.6 Å². The van der Waals surface area contributed by atoms with Crippen molar-refractivity contribution in [3.63, 3.8) is 0 Å². The first-order valence-corrected chi connectivity index (χ1v) is 11.8. The van der Waals surface area contributed by atoms with Gasteiger partial charge in [0.2, 0.25) is 10.0 Å². The minimum atomic E-state index is -4.59. The second-order valence-electron chi connectivity index (χ2n) is 7.79. The number of anilines is 1. The summed E-state index contributed by atoms with van der Waals surface area (Å²) in [5.74, 6) is 0. The summed E-state index contributed by atoms with van der Waals surface area (Å²) >= 11 is 0. The van der Waals surface area contributed by atoms with Crippen LogP contribution in [0.2, 0.25) is 0 Å². The standard InChI is InChI=1S/C22H26F3N3O3S/c1-16-9-11-18(12-10-16)32(30,31)28-15-5-4-6-17(28)13-14-26-21(29)27-20-8-3-2-7-19(20)22(23,24)25/h2-3,7-12,17H,4-6,13-15H2,1H3,(H2,26,27,29). The molecule has 1 unspecified atom stereocenters. The van der Waals surface area contributed by atoms with E-state index in [0.29, 0.717) is 19.4 Å². The molecule has 32 heavy (non-hydrogen) atoms. The third kappa shape index (κ3) is 5.80. The van der Waals surface area contributed by atoms with Gasteiger partial charge in [-0.15, -0.1) is 0 Å². The molecule has 10 heteroatoms. The number of sulfonamides is 1. The first kappa shape index (κ1) is 24.1. The van der Waals surface area contributed by atoms with Crippen molar-refractivity contribution in [2.75, 3.05) is 18.4 Å². The molecular weight excluding hydrogens is 443 g/mol. The summed E-state index contributed by atoms with van der Waals surface area (Å²) in [6, 6.07) is 10.3. The molecule has 0 saturated carbocycles. The summed E-state index contributed by atoms with van der Waals surface area (Å²) in [4.78, 5) is 12.4. The van der Waals surface area contributed by atoms with E-state index in [9.17, 15) is 26.4 Å². The summed E-state index contributed by atoms with van der Waals surface area (Å²) in [7, 11) is -3.67. The Bertz CT molecular complexity index is 1040. The molecule has 1 aliphatic rings. The first-order valence-electron chi connectivity index (χ1n) is 10.4. The topological polar surface area (TPSA) is 78.5 Å². The molecule has 1 saturated heterocycles. The molecule has 1 aliphatic heterocycles. The van der Waals surface area contributed by atoms with Gasteiger partial charge in [0, 0.05) is 19.1 Å². The van der Waals surface area contributed by atoms with Crippen molar-refractivity contribution < 1.29 is 26.4 Å². The number of hydrogen-bond donors (Lipinski definition) is 2. The van der Waals surface area contributed by atoms with Gasteiger partial charge in [0.25, 0.3) is 0 Å². The van der Waals surface area contributed by atoms with Crippen LogP contribution in [-0.2, 0) is 16.2 Å². The highest BCUT2D eigenvalue weighted by Gasteiger charge is 2.34. The Morgan fingerprint density at radius 1 is 1.09 bits per heavy atom. The average molecular weight is 470 g/mol. The number of benzene rings is 2. The molecule has 2 aromatic rings. The molecule has 0 aromatic heterocycles. The molecule has 6 nitrogen and oxygen atoms in total. The number of halogens is 3. The number of aryl methyl sites for hydroxylation is 1. The minimum absolute atomic E-state index is 0.130. The van der Waals surface area contributed by atoms with Crippen LogP contribution in [0.4, 0.5) is 23.7 Å². The number of piperidine rings is 1. The number of hydrogen-bond acceptors (Lipinski definition) is 3. The van der Waals surface area contributed by atoms with Crippen LogP contribution in [0.25, 0.3) is 0 Å². The Kier molecular flexibility index (Phi) is 7.45. The number of alkyl halides is 3. The largest absolute Gasteiger partial charge is 0.418 e. The molecule has 2 aromatic carbocycles. The normalized spacial score (nSPS) is 17.7. The predicted octanol–water partition coefficient (Wildman–Crippen LogP) is 4.77. The zero-order chi connectivity index (χ0) is 23.4. The first-order chi connectivity index (χ1) is 15.1. The van der Waals surface area contributed by atoms with Crippen LogP contribution in [0.3, 0.4) is 0 Å². The van der Waals surface area contributed by atoms with Crippen molar-refractivity contribution in [2.45, 2.75) is 49.7 Å². The van der Waals surface area contributed by atoms with Crippen molar-refractivity contribution in [3.8, 4) is 0 Å². The monoisotopic (exact) mass is 469 g/mol. The number of urea groups is 1. The van der Waals surface area contributed by atoms with E-state index in [1.165, 1.54) is 22.5 Å². The molecule has 0 bridgehead atoms. The summed E-state index contributed by atoms with van der Waals surface area (Å²) in [6.45, 7) is 2.40. The lowest BCUT2D eigenvalue weighted by Gasteiger charge is -2.34. The third-order valence-corrected chi connectivity index (χ3v) is 7.41. The highest BCUT2D eigenvalue weighted by Crippen LogP contribution is 2.34. The average Bonchev–Trinajstić information content (AvgIpc) is 2.74. The van der Waals surface area contributed by atoms with Crippen molar-refractivity contribution >= 4 is 21.7 Å². The minimum Gasteiger partial charge on any atom is -0.338 e. The van der Waals surface area contributed by atoms with Crippen LogP contribution in [0.1, 0.15) is 36.8 Å². The fraction of sp³-hybridized carbons (Fsp3) is 0.409. The molecule has 0 spiro atoms. The van der Waals surface area contributed by atoms with E-state index in [0.717, 1.165) is 24.5 Å². The zero-order valence-electron chi connectivity index (χ0n) is 17.7. The van der Waals surface area contributed by atoms with E-state index < -0.39 is 27.8 Å². The van der Waals surface area contributed by atoms with Crippen molar-refractivity contribution in [1.82, 2.24) is 9.62 Å². The smallest absolute Gasteiger partial charge is 0.338 e. The van der Waals surface area contributed by atoms with Crippen LogP contribution in [-0.4, -0.2) is 37.9 Å². The predicted molar refractivity (Wildman–Crippen MR) is 116 cm³/mol. The Balaban J connectivity index is 1.61. The van der Waals surface area contributed by atoms with E-state index in [4.69, 9.17) is 0 Å². The second-order valence-corrected chi connectivity index (χ2v) is 9.68. The Morgan fingerprint density at radius 3 is 2.47 bits per heavy atom. The lowest BCUT2D eigenvalue weighted by atomic mass is 10.0. The number of nitrogens with one attached hydrogen (secondary N) is 2. The number of rotatable bonds is 6. The third-order valence-electron chi connectivity index (χ3n) is 5.44. The maximum Gasteiger partial charge on any atom is 0.418 e. The van der Waals surface area contributed by atoms with Crippen molar-refractivity contribution in [3.05, 3.63) is 59.7 Å². The summed E-state index contributed by atoms with van der Waals surface area (Å²) in [5.41, 5.74) is -0.307. The molecule has 1 atom stereocenters. The fourth-order valence-corrected chi connectivity index (χ4v) is 5.51. The molecule has 3 rings (SSSR count). The maximum absolute atomic E-state index is 13.1. The van der Waals surface area contributed by atoms with Crippen molar-refractivity contribution in [2.24, 2.45) is 0 Å². The van der Waals surface area contributed by atoms with Gasteiger partial charge in [0.15, 0.2) is 0 Å². The molecule has 1 fully saturated rings. The molecule has 174 valence electrons. The maximum atomic E-state index is 13.1. The molecule has 1 heterocycles. The van der Waals surface area contributed by atoms with Gasteiger partial charge in [-0.05, 0) is 50.5 Å². The number of para-hydroxylation sites is 1. The molecule has 0 aliphatic carbocycles. The SMILES string of the molecule is Cc1ccc(S(=O)(=O)N2CCCCC2CCNC(=O)Nc2ccccc2C(F)(F)F)cc1. The van der Waals surface area contributed by atoms with Gasteiger partial charge < -0.3 is 10.6 Å². The van der Waals surface area contributed by atoms with Crippen LogP contribution >= 0.6 is 0 Å². The molecular formula is C22H26F3N3O3S. The van der Waals surface area contributed by atoms with E-state index >= 15 is 0 Å². The van der Waals surface area contributed by atoms with E-state index in [1.54, 1.807) is 24.3 Å². The Labute approximate surface area is 185 Å². The number of nitrogens with zero attached hydrogens (tertiary/aromatic N) is 1. The Hall–Kier alpha value is -2.59. The Morgan fingerprint density at radius 2 is 1.78 bits per heavy atom. The number of amides is 2. The summed E-state index contributed by atoms with van der Waals surface area (Å²) in [6.07, 6.45) is -1.94. The second kappa shape index (κ2) is 9.91. The molecule has 2 amide bonds.